The van der Waals surface area contributed by atoms with Gasteiger partial charge >= 0.3 is 0 Å². The zero-order valence-corrected chi connectivity index (χ0v) is 13.7. The van der Waals surface area contributed by atoms with Crippen LogP contribution < -0.4 is 10.2 Å². The second-order valence-corrected chi connectivity index (χ2v) is 6.31. The van der Waals surface area contributed by atoms with Gasteiger partial charge in [0.2, 0.25) is 5.91 Å². The van der Waals surface area contributed by atoms with E-state index in [2.05, 4.69) is 21.2 Å². The minimum atomic E-state index is -0.663. The second kappa shape index (κ2) is 5.97. The topological polar surface area (TPSA) is 66.5 Å². The quantitative estimate of drug-likeness (QED) is 0.844. The standard InChI is InChI=1S/C15H17BrN2O3/c1-8(2)9(3)17-12(19)7-18-13-10(14(20)15(18)21)5-4-6-11(13)16/h4-6,8-9H,7H2,1-3H3,(H,17,19). The third-order valence-electron chi connectivity index (χ3n) is 3.63. The monoisotopic (exact) mass is 352 g/mol. The number of Topliss-reactive ketones (excluding diaryl/α,β-unsaturated/α-hetero) is 1. The fourth-order valence-electron chi connectivity index (χ4n) is 2.07. The molecule has 0 aromatic heterocycles. The Kier molecular flexibility index (Phi) is 4.46. The van der Waals surface area contributed by atoms with Gasteiger partial charge in [-0.2, -0.15) is 0 Å². The molecular formula is C15H17BrN2O3. The molecule has 1 unspecified atom stereocenters. The summed E-state index contributed by atoms with van der Waals surface area (Å²) in [6.45, 7) is 5.75. The number of ketones is 1. The highest BCUT2D eigenvalue weighted by molar-refractivity contribution is 9.10. The van der Waals surface area contributed by atoms with Gasteiger partial charge in [0, 0.05) is 10.5 Å². The van der Waals surface area contributed by atoms with E-state index in [1.165, 1.54) is 4.90 Å². The molecule has 2 amide bonds. The summed E-state index contributed by atoms with van der Waals surface area (Å²) in [4.78, 5) is 37.3. The average Bonchev–Trinajstić information content (AvgIpc) is 2.65. The largest absolute Gasteiger partial charge is 0.352 e. The summed E-state index contributed by atoms with van der Waals surface area (Å²) < 4.78 is 0.629. The maximum Gasteiger partial charge on any atom is 0.299 e. The predicted octanol–water partition coefficient (Wildman–Crippen LogP) is 2.14. The number of nitrogens with zero attached hydrogens (tertiary/aromatic N) is 1. The summed E-state index contributed by atoms with van der Waals surface area (Å²) in [6.07, 6.45) is 0. The fraction of sp³-hybridized carbons (Fsp3) is 0.400. The third-order valence-corrected chi connectivity index (χ3v) is 4.27. The molecule has 1 heterocycles. The van der Waals surface area contributed by atoms with E-state index in [1.807, 2.05) is 20.8 Å². The van der Waals surface area contributed by atoms with Crippen LogP contribution in [0.3, 0.4) is 0 Å². The van der Waals surface area contributed by atoms with E-state index in [9.17, 15) is 14.4 Å². The minimum absolute atomic E-state index is 0.00425. The van der Waals surface area contributed by atoms with Gasteiger partial charge in [0.1, 0.15) is 6.54 Å². The lowest BCUT2D eigenvalue weighted by atomic mass is 10.1. The number of fused-ring (bicyclic) bond motifs is 1. The number of rotatable bonds is 4. The van der Waals surface area contributed by atoms with Gasteiger partial charge in [0.25, 0.3) is 11.7 Å². The molecule has 0 aliphatic carbocycles. The zero-order valence-electron chi connectivity index (χ0n) is 12.1. The number of anilines is 1. The van der Waals surface area contributed by atoms with E-state index in [-0.39, 0.29) is 18.5 Å². The number of carbonyl (C=O) groups is 3. The van der Waals surface area contributed by atoms with Crippen molar-refractivity contribution in [1.29, 1.82) is 0 Å². The number of nitrogens with one attached hydrogen (secondary N) is 1. The van der Waals surface area contributed by atoms with Crippen molar-refractivity contribution < 1.29 is 14.4 Å². The number of halogens is 1. The summed E-state index contributed by atoms with van der Waals surface area (Å²) in [7, 11) is 0. The Labute approximate surface area is 131 Å². The Bertz CT molecular complexity index is 613. The maximum atomic E-state index is 12.1. The lowest BCUT2D eigenvalue weighted by Crippen LogP contribution is -2.44. The zero-order chi connectivity index (χ0) is 15.7. The van der Waals surface area contributed by atoms with Gasteiger partial charge < -0.3 is 5.32 Å². The normalized spacial score (nSPS) is 15.4. The molecule has 2 rings (SSSR count). The highest BCUT2D eigenvalue weighted by Gasteiger charge is 2.38. The van der Waals surface area contributed by atoms with Crippen LogP contribution in [-0.2, 0) is 9.59 Å². The van der Waals surface area contributed by atoms with E-state index >= 15 is 0 Å². The molecule has 6 heteroatoms. The molecule has 5 nitrogen and oxygen atoms in total. The minimum Gasteiger partial charge on any atom is -0.352 e. The summed E-state index contributed by atoms with van der Waals surface area (Å²) >= 11 is 3.33. The molecule has 112 valence electrons. The number of amides is 2. The van der Waals surface area contributed by atoms with Crippen molar-refractivity contribution in [2.45, 2.75) is 26.8 Å². The van der Waals surface area contributed by atoms with Gasteiger partial charge in [-0.3, -0.25) is 19.3 Å². The third kappa shape index (κ3) is 3.00. The summed E-state index contributed by atoms with van der Waals surface area (Å²) in [5, 5.41) is 2.83. The first-order chi connectivity index (χ1) is 9.82. The number of benzene rings is 1. The number of carbonyl (C=O) groups excluding carboxylic acids is 3. The van der Waals surface area contributed by atoms with Gasteiger partial charge in [0.15, 0.2) is 0 Å². The van der Waals surface area contributed by atoms with E-state index in [1.54, 1.807) is 18.2 Å². The molecule has 1 aromatic carbocycles. The van der Waals surface area contributed by atoms with Gasteiger partial charge in [0.05, 0.1) is 11.3 Å². The molecule has 1 aromatic rings. The van der Waals surface area contributed by atoms with Gasteiger partial charge in [-0.15, -0.1) is 0 Å². The van der Waals surface area contributed by atoms with Crippen molar-refractivity contribution in [3.05, 3.63) is 28.2 Å². The number of hydrogen-bond donors (Lipinski definition) is 1. The molecule has 0 saturated heterocycles. The summed E-state index contributed by atoms with van der Waals surface area (Å²) in [5.41, 5.74) is 0.805. The van der Waals surface area contributed by atoms with Crippen molar-refractivity contribution in [2.24, 2.45) is 5.92 Å². The van der Waals surface area contributed by atoms with Crippen molar-refractivity contribution >= 4 is 39.2 Å². The molecule has 0 fully saturated rings. The van der Waals surface area contributed by atoms with Gasteiger partial charge in [-0.1, -0.05) is 19.9 Å². The molecule has 1 atom stereocenters. The van der Waals surface area contributed by atoms with Crippen LogP contribution >= 0.6 is 15.9 Å². The lowest BCUT2D eigenvalue weighted by Gasteiger charge is -2.21. The van der Waals surface area contributed by atoms with Crippen LogP contribution in [0, 0.1) is 5.92 Å². The van der Waals surface area contributed by atoms with E-state index in [0.717, 1.165) is 0 Å². The second-order valence-electron chi connectivity index (χ2n) is 5.46. The first-order valence-electron chi connectivity index (χ1n) is 6.77. The lowest BCUT2D eigenvalue weighted by molar-refractivity contribution is -0.122. The average molecular weight is 353 g/mol. The molecule has 0 saturated carbocycles. The van der Waals surface area contributed by atoms with Crippen LogP contribution in [0.15, 0.2) is 22.7 Å². The maximum absolute atomic E-state index is 12.1. The van der Waals surface area contributed by atoms with Crippen LogP contribution in [0.4, 0.5) is 5.69 Å². The molecule has 0 radical (unpaired) electrons. The van der Waals surface area contributed by atoms with Crippen LogP contribution in [0.25, 0.3) is 0 Å². The molecule has 1 aliphatic heterocycles. The van der Waals surface area contributed by atoms with Gasteiger partial charge in [-0.05, 0) is 40.9 Å². The van der Waals surface area contributed by atoms with Crippen molar-refractivity contribution in [1.82, 2.24) is 5.32 Å². The first-order valence-corrected chi connectivity index (χ1v) is 7.56. The van der Waals surface area contributed by atoms with E-state index in [0.29, 0.717) is 21.6 Å². The Morgan fingerprint density at radius 2 is 1.95 bits per heavy atom. The number of hydrogen-bond acceptors (Lipinski definition) is 3. The summed E-state index contributed by atoms with van der Waals surface area (Å²) in [5.74, 6) is -1.22. The molecule has 0 bridgehead atoms. The van der Waals surface area contributed by atoms with Crippen LogP contribution in [0.5, 0.6) is 0 Å². The Morgan fingerprint density at radius 3 is 2.57 bits per heavy atom. The van der Waals surface area contributed by atoms with E-state index < -0.39 is 11.7 Å². The van der Waals surface area contributed by atoms with Crippen molar-refractivity contribution in [3.8, 4) is 0 Å². The van der Waals surface area contributed by atoms with Crippen LogP contribution in [-0.4, -0.2) is 30.2 Å². The first kappa shape index (κ1) is 15.7. The highest BCUT2D eigenvalue weighted by Crippen LogP contribution is 2.35. The summed E-state index contributed by atoms with van der Waals surface area (Å²) in [6, 6.07) is 5.03. The Balaban J connectivity index is 2.21. The predicted molar refractivity (Wildman–Crippen MR) is 83.3 cm³/mol. The van der Waals surface area contributed by atoms with Crippen LogP contribution in [0.1, 0.15) is 31.1 Å². The van der Waals surface area contributed by atoms with Crippen molar-refractivity contribution in [3.63, 3.8) is 0 Å². The molecular weight excluding hydrogens is 336 g/mol. The fourth-order valence-corrected chi connectivity index (χ4v) is 2.65. The molecule has 21 heavy (non-hydrogen) atoms. The van der Waals surface area contributed by atoms with Crippen molar-refractivity contribution in [2.75, 3.05) is 11.4 Å². The highest BCUT2D eigenvalue weighted by atomic mass is 79.9. The molecule has 0 spiro atoms. The molecule has 1 N–H and O–H groups in total. The van der Waals surface area contributed by atoms with Crippen LogP contribution in [0.2, 0.25) is 0 Å². The Morgan fingerprint density at radius 1 is 1.29 bits per heavy atom. The molecule has 1 aliphatic rings. The smallest absolute Gasteiger partial charge is 0.299 e. The SMILES string of the molecule is CC(C)C(C)NC(=O)CN1C(=O)C(=O)c2cccc(Br)c21. The van der Waals surface area contributed by atoms with E-state index in [4.69, 9.17) is 0 Å². The Hall–Kier alpha value is -1.69. The number of para-hydroxylation sites is 1. The van der Waals surface area contributed by atoms with Gasteiger partial charge in [-0.25, -0.2) is 0 Å².